The van der Waals surface area contributed by atoms with Crippen LogP contribution in [0.2, 0.25) is 0 Å². The van der Waals surface area contributed by atoms with Crippen LogP contribution in [0.1, 0.15) is 40.0 Å². The first kappa shape index (κ1) is 13.5. The van der Waals surface area contributed by atoms with Crippen molar-refractivity contribution in [2.24, 2.45) is 0 Å². The van der Waals surface area contributed by atoms with E-state index in [-0.39, 0.29) is 11.4 Å². The van der Waals surface area contributed by atoms with Gasteiger partial charge in [0.1, 0.15) is 0 Å². The van der Waals surface area contributed by atoms with Crippen LogP contribution in [0, 0.1) is 0 Å². The predicted molar refractivity (Wildman–Crippen MR) is 64.4 cm³/mol. The zero-order valence-electron chi connectivity index (χ0n) is 10.6. The lowest BCUT2D eigenvalue weighted by Gasteiger charge is -2.20. The minimum absolute atomic E-state index is 0.104. The van der Waals surface area contributed by atoms with Gasteiger partial charge in [-0.05, 0) is 33.6 Å². The highest BCUT2D eigenvalue weighted by molar-refractivity contribution is 5.76. The Morgan fingerprint density at radius 1 is 1.44 bits per heavy atom. The Labute approximate surface area is 98.1 Å². The molecule has 2 N–H and O–H groups in total. The summed E-state index contributed by atoms with van der Waals surface area (Å²) in [5.74, 6) is 0.104. The lowest BCUT2D eigenvalue weighted by molar-refractivity contribution is -0.122. The Hall–Kier alpha value is -0.610. The van der Waals surface area contributed by atoms with Gasteiger partial charge >= 0.3 is 0 Å². The Bertz CT molecular complexity index is 218. The van der Waals surface area contributed by atoms with Crippen molar-refractivity contribution in [3.8, 4) is 0 Å². The Morgan fingerprint density at radius 3 is 2.75 bits per heavy atom. The van der Waals surface area contributed by atoms with Gasteiger partial charge in [0.25, 0.3) is 0 Å². The topological polar surface area (TPSA) is 50.4 Å². The summed E-state index contributed by atoms with van der Waals surface area (Å²) in [5, 5.41) is 6.20. The van der Waals surface area contributed by atoms with E-state index in [2.05, 4.69) is 10.6 Å². The molecule has 0 aromatic rings. The first-order valence-electron chi connectivity index (χ1n) is 6.11. The second kappa shape index (κ2) is 6.21. The number of hydrogen-bond donors (Lipinski definition) is 2. The van der Waals surface area contributed by atoms with Crippen molar-refractivity contribution in [1.29, 1.82) is 0 Å². The minimum Gasteiger partial charge on any atom is -0.377 e. The van der Waals surface area contributed by atoms with Crippen molar-refractivity contribution in [2.45, 2.75) is 51.7 Å². The molecular formula is C12H24N2O2. The summed E-state index contributed by atoms with van der Waals surface area (Å²) < 4.78 is 5.48. The molecule has 1 aliphatic heterocycles. The van der Waals surface area contributed by atoms with Crippen LogP contribution in [0.3, 0.4) is 0 Å². The van der Waals surface area contributed by atoms with E-state index in [0.717, 1.165) is 32.5 Å². The SMILES string of the molecule is CC(C)(C)NC(=O)CCNCC1CCCO1. The van der Waals surface area contributed by atoms with E-state index in [0.29, 0.717) is 12.5 Å². The van der Waals surface area contributed by atoms with Gasteiger partial charge in [0.15, 0.2) is 0 Å². The van der Waals surface area contributed by atoms with E-state index in [1.54, 1.807) is 0 Å². The highest BCUT2D eigenvalue weighted by Crippen LogP contribution is 2.10. The van der Waals surface area contributed by atoms with Gasteiger partial charge in [-0.2, -0.15) is 0 Å². The molecule has 1 fully saturated rings. The zero-order chi connectivity index (χ0) is 12.0. The van der Waals surface area contributed by atoms with E-state index < -0.39 is 0 Å². The quantitative estimate of drug-likeness (QED) is 0.692. The molecule has 0 bridgehead atoms. The number of hydrogen-bond acceptors (Lipinski definition) is 3. The van der Waals surface area contributed by atoms with Crippen molar-refractivity contribution < 1.29 is 9.53 Å². The second-order valence-corrected chi connectivity index (χ2v) is 5.39. The third-order valence-corrected chi connectivity index (χ3v) is 2.44. The van der Waals surface area contributed by atoms with Gasteiger partial charge in [-0.3, -0.25) is 4.79 Å². The summed E-state index contributed by atoms with van der Waals surface area (Å²) in [4.78, 5) is 11.5. The number of nitrogens with one attached hydrogen (secondary N) is 2. The molecule has 16 heavy (non-hydrogen) atoms. The Balaban J connectivity index is 2.00. The molecule has 0 radical (unpaired) electrons. The lowest BCUT2D eigenvalue weighted by Crippen LogP contribution is -2.41. The summed E-state index contributed by atoms with van der Waals surface area (Å²) in [5.41, 5.74) is -0.133. The molecule has 0 aromatic heterocycles. The predicted octanol–water partition coefficient (Wildman–Crippen LogP) is 1.06. The van der Waals surface area contributed by atoms with E-state index in [1.807, 2.05) is 20.8 Å². The molecule has 0 saturated carbocycles. The molecule has 1 saturated heterocycles. The van der Waals surface area contributed by atoms with Gasteiger partial charge in [0, 0.05) is 31.7 Å². The minimum atomic E-state index is -0.133. The maximum absolute atomic E-state index is 11.5. The van der Waals surface area contributed by atoms with Crippen molar-refractivity contribution in [3.05, 3.63) is 0 Å². The number of rotatable bonds is 5. The van der Waals surface area contributed by atoms with Crippen molar-refractivity contribution in [3.63, 3.8) is 0 Å². The van der Waals surface area contributed by atoms with Gasteiger partial charge in [0.2, 0.25) is 5.91 Å². The number of ether oxygens (including phenoxy) is 1. The van der Waals surface area contributed by atoms with Gasteiger partial charge in [0.05, 0.1) is 6.10 Å². The van der Waals surface area contributed by atoms with Crippen molar-refractivity contribution >= 4 is 5.91 Å². The summed E-state index contributed by atoms with van der Waals surface area (Å²) in [6, 6.07) is 0. The molecule has 1 unspecified atom stereocenters. The number of carbonyl (C=O) groups excluding carboxylic acids is 1. The first-order chi connectivity index (χ1) is 7.47. The number of carbonyl (C=O) groups is 1. The van der Waals surface area contributed by atoms with Gasteiger partial charge in [-0.1, -0.05) is 0 Å². The molecule has 1 atom stereocenters. The molecule has 4 nitrogen and oxygen atoms in total. The largest absolute Gasteiger partial charge is 0.377 e. The first-order valence-corrected chi connectivity index (χ1v) is 6.11. The van der Waals surface area contributed by atoms with Crippen LogP contribution >= 0.6 is 0 Å². The van der Waals surface area contributed by atoms with Crippen LogP contribution in [0.4, 0.5) is 0 Å². The van der Waals surface area contributed by atoms with Crippen molar-refractivity contribution in [1.82, 2.24) is 10.6 Å². The molecule has 1 heterocycles. The lowest BCUT2D eigenvalue weighted by atomic mass is 10.1. The molecule has 0 aromatic carbocycles. The van der Waals surface area contributed by atoms with Crippen LogP contribution in [0.25, 0.3) is 0 Å². The molecule has 0 aliphatic carbocycles. The van der Waals surface area contributed by atoms with Crippen LogP contribution in [0.5, 0.6) is 0 Å². The van der Waals surface area contributed by atoms with E-state index in [4.69, 9.17) is 4.74 Å². The van der Waals surface area contributed by atoms with Crippen LogP contribution < -0.4 is 10.6 Å². The third-order valence-electron chi connectivity index (χ3n) is 2.44. The fourth-order valence-corrected chi connectivity index (χ4v) is 1.75. The molecule has 1 amide bonds. The molecule has 94 valence electrons. The van der Waals surface area contributed by atoms with Crippen LogP contribution in [0.15, 0.2) is 0 Å². The zero-order valence-corrected chi connectivity index (χ0v) is 10.6. The van der Waals surface area contributed by atoms with E-state index in [1.165, 1.54) is 0 Å². The highest BCUT2D eigenvalue weighted by atomic mass is 16.5. The Kier molecular flexibility index (Phi) is 5.22. The van der Waals surface area contributed by atoms with E-state index >= 15 is 0 Å². The summed E-state index contributed by atoms with van der Waals surface area (Å²) in [6.45, 7) is 8.45. The average Bonchev–Trinajstić information content (AvgIpc) is 2.62. The van der Waals surface area contributed by atoms with Crippen LogP contribution in [-0.2, 0) is 9.53 Å². The van der Waals surface area contributed by atoms with Gasteiger partial charge < -0.3 is 15.4 Å². The maximum Gasteiger partial charge on any atom is 0.221 e. The normalized spacial score (nSPS) is 21.1. The molecule has 0 spiro atoms. The second-order valence-electron chi connectivity index (χ2n) is 5.39. The summed E-state index contributed by atoms with van der Waals surface area (Å²) >= 11 is 0. The molecule has 4 heteroatoms. The van der Waals surface area contributed by atoms with Gasteiger partial charge in [-0.25, -0.2) is 0 Å². The smallest absolute Gasteiger partial charge is 0.221 e. The highest BCUT2D eigenvalue weighted by Gasteiger charge is 2.15. The summed E-state index contributed by atoms with van der Waals surface area (Å²) in [6.07, 6.45) is 3.19. The van der Waals surface area contributed by atoms with Crippen molar-refractivity contribution in [2.75, 3.05) is 19.7 Å². The standard InChI is InChI=1S/C12H24N2O2/c1-12(2,3)14-11(15)6-7-13-9-10-5-4-8-16-10/h10,13H,4-9H2,1-3H3,(H,14,15). The third kappa shape index (κ3) is 6.08. The molecule has 1 aliphatic rings. The van der Waals surface area contributed by atoms with E-state index in [9.17, 15) is 4.79 Å². The molecule has 1 rings (SSSR count). The van der Waals surface area contributed by atoms with Crippen LogP contribution in [-0.4, -0.2) is 37.2 Å². The fraction of sp³-hybridized carbons (Fsp3) is 0.917. The Morgan fingerprint density at radius 2 is 2.19 bits per heavy atom. The summed E-state index contributed by atoms with van der Waals surface area (Å²) in [7, 11) is 0. The fourth-order valence-electron chi connectivity index (χ4n) is 1.75. The number of amides is 1. The average molecular weight is 228 g/mol. The van der Waals surface area contributed by atoms with Gasteiger partial charge in [-0.15, -0.1) is 0 Å². The maximum atomic E-state index is 11.5. The monoisotopic (exact) mass is 228 g/mol. The molecular weight excluding hydrogens is 204 g/mol.